The first kappa shape index (κ1) is 17.4. The van der Waals surface area contributed by atoms with Crippen molar-refractivity contribution in [2.24, 2.45) is 0 Å². The van der Waals surface area contributed by atoms with Gasteiger partial charge in [0.05, 0.1) is 0 Å². The average Bonchev–Trinajstić information content (AvgIpc) is 3.12. The summed E-state index contributed by atoms with van der Waals surface area (Å²) in [4.78, 5) is 15.4. The van der Waals surface area contributed by atoms with Crippen molar-refractivity contribution >= 4 is 16.7 Å². The summed E-state index contributed by atoms with van der Waals surface area (Å²) in [6.45, 7) is 6.92. The summed E-state index contributed by atoms with van der Waals surface area (Å²) >= 11 is 0. The van der Waals surface area contributed by atoms with Crippen molar-refractivity contribution in [1.82, 2.24) is 4.90 Å². The van der Waals surface area contributed by atoms with Gasteiger partial charge in [0, 0.05) is 17.6 Å². The van der Waals surface area contributed by atoms with E-state index in [2.05, 4.69) is 20.8 Å². The Morgan fingerprint density at radius 3 is 2.52 bits per heavy atom. The van der Waals surface area contributed by atoms with Gasteiger partial charge in [-0.3, -0.25) is 4.79 Å². The SMILES string of the molecule is CC(C)(C)N(Cc1ccc2c(c1)OCO2)C(=O)c1cccc2ccccc12. The molecule has 0 saturated carbocycles. The summed E-state index contributed by atoms with van der Waals surface area (Å²) in [6, 6.07) is 19.7. The van der Waals surface area contributed by atoms with Gasteiger partial charge in [0.15, 0.2) is 11.5 Å². The van der Waals surface area contributed by atoms with Gasteiger partial charge in [-0.1, -0.05) is 42.5 Å². The Bertz CT molecular complexity index is 999. The molecule has 27 heavy (non-hydrogen) atoms. The summed E-state index contributed by atoms with van der Waals surface area (Å²) in [5.74, 6) is 1.51. The fraction of sp³-hybridized carbons (Fsp3) is 0.261. The Kier molecular flexibility index (Phi) is 4.27. The molecule has 4 nitrogen and oxygen atoms in total. The van der Waals surface area contributed by atoms with Gasteiger partial charge in [-0.25, -0.2) is 0 Å². The van der Waals surface area contributed by atoms with Crippen LogP contribution in [-0.2, 0) is 6.54 Å². The molecule has 1 heterocycles. The molecule has 0 N–H and O–H groups in total. The van der Waals surface area contributed by atoms with E-state index < -0.39 is 0 Å². The smallest absolute Gasteiger partial charge is 0.255 e. The summed E-state index contributed by atoms with van der Waals surface area (Å²) in [5, 5.41) is 2.05. The lowest BCUT2D eigenvalue weighted by Gasteiger charge is -2.36. The number of ether oxygens (including phenoxy) is 2. The lowest BCUT2D eigenvalue weighted by Crippen LogP contribution is -2.45. The molecule has 4 rings (SSSR count). The Balaban J connectivity index is 1.71. The second-order valence-electron chi connectivity index (χ2n) is 7.78. The fourth-order valence-corrected chi connectivity index (χ4v) is 3.39. The zero-order valence-corrected chi connectivity index (χ0v) is 15.9. The van der Waals surface area contributed by atoms with Crippen LogP contribution in [0.5, 0.6) is 11.5 Å². The highest BCUT2D eigenvalue weighted by atomic mass is 16.7. The molecule has 1 amide bonds. The van der Waals surface area contributed by atoms with E-state index in [9.17, 15) is 4.79 Å². The zero-order valence-electron chi connectivity index (χ0n) is 15.9. The van der Waals surface area contributed by atoms with Crippen LogP contribution in [0, 0.1) is 0 Å². The molecule has 3 aromatic rings. The van der Waals surface area contributed by atoms with E-state index in [0.29, 0.717) is 6.54 Å². The van der Waals surface area contributed by atoms with Crippen LogP contribution in [0.3, 0.4) is 0 Å². The van der Waals surface area contributed by atoms with Crippen molar-refractivity contribution in [3.05, 3.63) is 71.8 Å². The van der Waals surface area contributed by atoms with E-state index in [1.807, 2.05) is 65.6 Å². The number of hydrogen-bond acceptors (Lipinski definition) is 3. The van der Waals surface area contributed by atoms with Crippen LogP contribution in [0.15, 0.2) is 60.7 Å². The molecule has 0 aliphatic carbocycles. The molecule has 1 aliphatic heterocycles. The average molecular weight is 361 g/mol. The molecule has 3 aromatic carbocycles. The van der Waals surface area contributed by atoms with Crippen LogP contribution in [0.1, 0.15) is 36.7 Å². The maximum Gasteiger partial charge on any atom is 0.255 e. The molecule has 0 spiro atoms. The first-order chi connectivity index (χ1) is 12.9. The van der Waals surface area contributed by atoms with Crippen LogP contribution in [-0.4, -0.2) is 23.1 Å². The van der Waals surface area contributed by atoms with E-state index in [1.165, 1.54) is 0 Å². The van der Waals surface area contributed by atoms with Crippen molar-refractivity contribution < 1.29 is 14.3 Å². The Morgan fingerprint density at radius 1 is 0.963 bits per heavy atom. The van der Waals surface area contributed by atoms with Crippen molar-refractivity contribution in [3.63, 3.8) is 0 Å². The minimum Gasteiger partial charge on any atom is -0.454 e. The van der Waals surface area contributed by atoms with E-state index in [1.54, 1.807) is 0 Å². The van der Waals surface area contributed by atoms with E-state index >= 15 is 0 Å². The molecule has 0 fully saturated rings. The number of carbonyl (C=O) groups excluding carboxylic acids is 1. The lowest BCUT2D eigenvalue weighted by atomic mass is 9.99. The largest absolute Gasteiger partial charge is 0.454 e. The molecular weight excluding hydrogens is 338 g/mol. The highest BCUT2D eigenvalue weighted by molar-refractivity contribution is 6.07. The number of amides is 1. The van der Waals surface area contributed by atoms with Gasteiger partial charge in [-0.15, -0.1) is 0 Å². The Labute approximate surface area is 159 Å². The second kappa shape index (κ2) is 6.62. The molecule has 138 valence electrons. The van der Waals surface area contributed by atoms with Crippen LogP contribution in [0.4, 0.5) is 0 Å². The summed E-state index contributed by atoms with van der Waals surface area (Å²) in [7, 11) is 0. The van der Waals surface area contributed by atoms with Gasteiger partial charge >= 0.3 is 0 Å². The molecule has 0 aromatic heterocycles. The van der Waals surface area contributed by atoms with Crippen molar-refractivity contribution in [2.75, 3.05) is 6.79 Å². The molecule has 0 bridgehead atoms. The van der Waals surface area contributed by atoms with E-state index in [-0.39, 0.29) is 18.2 Å². The summed E-state index contributed by atoms with van der Waals surface area (Å²) in [6.07, 6.45) is 0. The first-order valence-corrected chi connectivity index (χ1v) is 9.12. The van der Waals surface area contributed by atoms with Gasteiger partial charge in [0.1, 0.15) is 0 Å². The van der Waals surface area contributed by atoms with Crippen LogP contribution >= 0.6 is 0 Å². The molecular formula is C23H23NO3. The van der Waals surface area contributed by atoms with Crippen molar-refractivity contribution in [1.29, 1.82) is 0 Å². The van der Waals surface area contributed by atoms with Gasteiger partial charge in [0.2, 0.25) is 6.79 Å². The molecule has 0 atom stereocenters. The van der Waals surface area contributed by atoms with Crippen LogP contribution in [0.2, 0.25) is 0 Å². The molecule has 4 heteroatoms. The molecule has 0 unspecified atom stereocenters. The normalized spacial score (nSPS) is 13.0. The maximum absolute atomic E-state index is 13.5. The minimum atomic E-state index is -0.329. The highest BCUT2D eigenvalue weighted by Crippen LogP contribution is 2.34. The molecule has 0 saturated heterocycles. The second-order valence-corrected chi connectivity index (χ2v) is 7.78. The number of rotatable bonds is 3. The maximum atomic E-state index is 13.5. The third kappa shape index (κ3) is 3.35. The van der Waals surface area contributed by atoms with Gasteiger partial charge < -0.3 is 14.4 Å². The minimum absolute atomic E-state index is 0.0250. The van der Waals surface area contributed by atoms with E-state index in [0.717, 1.165) is 33.4 Å². The van der Waals surface area contributed by atoms with Crippen molar-refractivity contribution in [3.8, 4) is 11.5 Å². The zero-order chi connectivity index (χ0) is 19.0. The Hall–Kier alpha value is -3.01. The highest BCUT2D eigenvalue weighted by Gasteiger charge is 2.29. The summed E-state index contributed by atoms with van der Waals surface area (Å²) in [5.41, 5.74) is 1.41. The Morgan fingerprint density at radius 2 is 1.70 bits per heavy atom. The first-order valence-electron chi connectivity index (χ1n) is 9.12. The topological polar surface area (TPSA) is 38.8 Å². The van der Waals surface area contributed by atoms with Gasteiger partial charge in [-0.2, -0.15) is 0 Å². The third-order valence-corrected chi connectivity index (χ3v) is 4.85. The number of carbonyl (C=O) groups is 1. The van der Waals surface area contributed by atoms with Crippen LogP contribution < -0.4 is 9.47 Å². The standard InChI is InChI=1S/C23H23NO3/c1-23(2,3)24(14-16-11-12-20-21(13-16)27-15-26-20)22(25)19-10-6-8-17-7-4-5-9-18(17)19/h4-13H,14-15H2,1-3H3. The quantitative estimate of drug-likeness (QED) is 0.658. The monoisotopic (exact) mass is 361 g/mol. The predicted octanol–water partition coefficient (Wildman–Crippen LogP) is 5.01. The predicted molar refractivity (Wildman–Crippen MR) is 106 cm³/mol. The third-order valence-electron chi connectivity index (χ3n) is 4.85. The number of nitrogens with zero attached hydrogens (tertiary/aromatic N) is 1. The number of hydrogen-bond donors (Lipinski definition) is 0. The number of benzene rings is 3. The van der Waals surface area contributed by atoms with Crippen LogP contribution in [0.25, 0.3) is 10.8 Å². The number of fused-ring (bicyclic) bond motifs is 2. The summed E-state index contributed by atoms with van der Waals surface area (Å²) < 4.78 is 10.9. The van der Waals surface area contributed by atoms with Gasteiger partial charge in [0.25, 0.3) is 5.91 Å². The van der Waals surface area contributed by atoms with Crippen molar-refractivity contribution in [2.45, 2.75) is 32.9 Å². The fourth-order valence-electron chi connectivity index (χ4n) is 3.39. The van der Waals surface area contributed by atoms with E-state index in [4.69, 9.17) is 9.47 Å². The molecule has 0 radical (unpaired) electrons. The molecule has 1 aliphatic rings. The lowest BCUT2D eigenvalue weighted by molar-refractivity contribution is 0.0561. The van der Waals surface area contributed by atoms with Gasteiger partial charge in [-0.05, 0) is 55.3 Å².